The summed E-state index contributed by atoms with van der Waals surface area (Å²) in [5.41, 5.74) is 2.47. The lowest BCUT2D eigenvalue weighted by molar-refractivity contribution is -0.139. The van der Waals surface area contributed by atoms with Crippen molar-refractivity contribution < 1.29 is 19.0 Å². The number of nitrogens with zero attached hydrogens (tertiary/aromatic N) is 1. The summed E-state index contributed by atoms with van der Waals surface area (Å²) in [6.07, 6.45) is 6.95. The molecule has 0 atom stereocenters. The molecule has 0 spiro atoms. The molecule has 0 unspecified atom stereocenters. The average molecular weight is 325 g/mol. The van der Waals surface area contributed by atoms with Crippen LogP contribution < -0.4 is 9.47 Å². The van der Waals surface area contributed by atoms with Gasteiger partial charge in [0.1, 0.15) is 18.1 Å². The third-order valence-electron chi connectivity index (χ3n) is 3.76. The number of benzene rings is 1. The Morgan fingerprint density at radius 1 is 1.33 bits per heavy atom. The zero-order chi connectivity index (χ0) is 16.8. The molecule has 0 N–H and O–H groups in total. The highest BCUT2D eigenvalue weighted by Gasteiger charge is 2.18. The minimum absolute atomic E-state index is 0.223. The van der Waals surface area contributed by atoms with Crippen LogP contribution in [0.1, 0.15) is 17.5 Å². The molecule has 0 saturated carbocycles. The maximum absolute atomic E-state index is 12.2. The van der Waals surface area contributed by atoms with Gasteiger partial charge in [0.25, 0.3) is 0 Å². The van der Waals surface area contributed by atoms with Crippen LogP contribution >= 0.6 is 0 Å². The van der Waals surface area contributed by atoms with Gasteiger partial charge in [-0.3, -0.25) is 4.98 Å². The lowest BCUT2D eigenvalue weighted by atomic mass is 10.1. The Balaban J connectivity index is 1.54. The molecule has 24 heavy (non-hydrogen) atoms. The number of hydrogen-bond acceptors (Lipinski definition) is 5. The standard InChI is InChI=1S/C19H19NO4/c1-22-17-6-7-18-15(11-17)10-16(13-24-18)19(21)23-9-3-5-14-4-2-8-20-12-14/h2,4,6-8,10-12H,3,5,9,13H2,1H3. The maximum atomic E-state index is 12.2. The molecule has 0 bridgehead atoms. The van der Waals surface area contributed by atoms with E-state index in [1.165, 1.54) is 0 Å². The quantitative estimate of drug-likeness (QED) is 0.603. The summed E-state index contributed by atoms with van der Waals surface area (Å²) in [6.45, 7) is 0.594. The van der Waals surface area contributed by atoms with Gasteiger partial charge in [0.05, 0.1) is 19.3 Å². The smallest absolute Gasteiger partial charge is 0.337 e. The Bertz CT molecular complexity index is 740. The highest BCUT2D eigenvalue weighted by molar-refractivity contribution is 5.95. The summed E-state index contributed by atoms with van der Waals surface area (Å²) in [5, 5.41) is 0. The fourth-order valence-corrected chi connectivity index (χ4v) is 2.48. The lowest BCUT2D eigenvalue weighted by Gasteiger charge is -2.17. The highest BCUT2D eigenvalue weighted by atomic mass is 16.5. The van der Waals surface area contributed by atoms with E-state index in [4.69, 9.17) is 14.2 Å². The number of carbonyl (C=O) groups excluding carboxylic acids is 1. The zero-order valence-corrected chi connectivity index (χ0v) is 13.5. The zero-order valence-electron chi connectivity index (χ0n) is 13.5. The van der Waals surface area contributed by atoms with Crippen LogP contribution in [-0.4, -0.2) is 31.3 Å². The van der Waals surface area contributed by atoms with Gasteiger partial charge in [-0.2, -0.15) is 0 Å². The molecule has 2 heterocycles. The molecule has 0 radical (unpaired) electrons. The van der Waals surface area contributed by atoms with Gasteiger partial charge in [0.15, 0.2) is 0 Å². The van der Waals surface area contributed by atoms with E-state index in [2.05, 4.69) is 4.98 Å². The van der Waals surface area contributed by atoms with Crippen molar-refractivity contribution >= 4 is 12.0 Å². The summed E-state index contributed by atoms with van der Waals surface area (Å²) in [7, 11) is 1.60. The lowest BCUT2D eigenvalue weighted by Crippen LogP contribution is -2.18. The van der Waals surface area contributed by atoms with E-state index in [9.17, 15) is 4.79 Å². The number of carbonyl (C=O) groups is 1. The molecule has 0 aliphatic carbocycles. The molecule has 5 nitrogen and oxygen atoms in total. The Morgan fingerprint density at radius 3 is 3.04 bits per heavy atom. The number of fused-ring (bicyclic) bond motifs is 1. The SMILES string of the molecule is COc1ccc2c(c1)C=C(C(=O)OCCCc1cccnc1)CO2. The van der Waals surface area contributed by atoms with Crippen LogP contribution in [0.4, 0.5) is 0 Å². The molecule has 5 heteroatoms. The van der Waals surface area contributed by atoms with Gasteiger partial charge in [-0.15, -0.1) is 0 Å². The predicted molar refractivity (Wildman–Crippen MR) is 90.0 cm³/mol. The molecule has 1 aliphatic heterocycles. The van der Waals surface area contributed by atoms with Crippen LogP contribution in [0, 0.1) is 0 Å². The molecule has 2 aromatic rings. The normalized spacial score (nSPS) is 12.6. The second-order valence-electron chi connectivity index (χ2n) is 5.46. The van der Waals surface area contributed by atoms with Crippen molar-refractivity contribution in [3.8, 4) is 11.5 Å². The van der Waals surface area contributed by atoms with Crippen molar-refractivity contribution in [2.75, 3.05) is 20.3 Å². The summed E-state index contributed by atoms with van der Waals surface area (Å²) in [6, 6.07) is 9.41. The number of methoxy groups -OCH3 is 1. The first kappa shape index (κ1) is 16.1. The minimum Gasteiger partial charge on any atom is -0.497 e. The fourth-order valence-electron chi connectivity index (χ4n) is 2.48. The monoisotopic (exact) mass is 325 g/mol. The second-order valence-corrected chi connectivity index (χ2v) is 5.46. The van der Waals surface area contributed by atoms with Gasteiger partial charge in [-0.25, -0.2) is 4.79 Å². The van der Waals surface area contributed by atoms with E-state index < -0.39 is 0 Å². The molecule has 1 aromatic carbocycles. The van der Waals surface area contributed by atoms with E-state index in [1.54, 1.807) is 19.4 Å². The predicted octanol–water partition coefficient (Wildman–Crippen LogP) is 3.04. The number of aromatic nitrogens is 1. The Kier molecular flexibility index (Phi) is 5.11. The molecule has 1 aromatic heterocycles. The minimum atomic E-state index is -0.338. The van der Waals surface area contributed by atoms with Gasteiger partial charge in [0.2, 0.25) is 0 Å². The third kappa shape index (κ3) is 3.93. The van der Waals surface area contributed by atoms with Crippen molar-refractivity contribution in [3.63, 3.8) is 0 Å². The highest BCUT2D eigenvalue weighted by Crippen LogP contribution is 2.30. The van der Waals surface area contributed by atoms with Gasteiger partial charge >= 0.3 is 5.97 Å². The van der Waals surface area contributed by atoms with Crippen LogP contribution in [-0.2, 0) is 16.0 Å². The number of hydrogen-bond donors (Lipinski definition) is 0. The topological polar surface area (TPSA) is 57.7 Å². The van der Waals surface area contributed by atoms with E-state index in [-0.39, 0.29) is 12.6 Å². The molecule has 1 aliphatic rings. The third-order valence-corrected chi connectivity index (χ3v) is 3.76. The Hall–Kier alpha value is -2.82. The summed E-state index contributed by atoms with van der Waals surface area (Å²) in [5.74, 6) is 1.12. The average Bonchev–Trinajstić information content (AvgIpc) is 2.65. The molecular formula is C19H19NO4. The number of esters is 1. The van der Waals surface area contributed by atoms with Gasteiger partial charge in [-0.1, -0.05) is 6.07 Å². The van der Waals surface area contributed by atoms with Crippen LogP contribution in [0.25, 0.3) is 6.08 Å². The van der Waals surface area contributed by atoms with Crippen LogP contribution in [0.5, 0.6) is 11.5 Å². The first-order valence-electron chi connectivity index (χ1n) is 7.84. The van der Waals surface area contributed by atoms with Crippen molar-refractivity contribution in [3.05, 3.63) is 59.4 Å². The van der Waals surface area contributed by atoms with Crippen LogP contribution in [0.2, 0.25) is 0 Å². The number of aryl methyl sites for hydroxylation is 1. The van der Waals surface area contributed by atoms with Crippen molar-refractivity contribution in [2.45, 2.75) is 12.8 Å². The second kappa shape index (κ2) is 7.64. The largest absolute Gasteiger partial charge is 0.497 e. The van der Waals surface area contributed by atoms with Gasteiger partial charge in [-0.05, 0) is 48.7 Å². The molecular weight excluding hydrogens is 306 g/mol. The Labute approximate surface area is 140 Å². The van der Waals surface area contributed by atoms with E-state index in [0.717, 1.165) is 35.5 Å². The Morgan fingerprint density at radius 2 is 2.25 bits per heavy atom. The fraction of sp³-hybridized carbons (Fsp3) is 0.263. The summed E-state index contributed by atoms with van der Waals surface area (Å²) in [4.78, 5) is 16.2. The van der Waals surface area contributed by atoms with Crippen LogP contribution in [0.3, 0.4) is 0 Å². The number of ether oxygens (including phenoxy) is 3. The molecule has 0 saturated heterocycles. The maximum Gasteiger partial charge on any atom is 0.337 e. The molecule has 124 valence electrons. The molecule has 0 amide bonds. The van der Waals surface area contributed by atoms with Gasteiger partial charge in [0, 0.05) is 18.0 Å². The van der Waals surface area contributed by atoms with Crippen LogP contribution in [0.15, 0.2) is 48.3 Å². The molecule has 3 rings (SSSR count). The van der Waals surface area contributed by atoms with E-state index >= 15 is 0 Å². The van der Waals surface area contributed by atoms with E-state index in [0.29, 0.717) is 12.2 Å². The van der Waals surface area contributed by atoms with Crippen molar-refractivity contribution in [2.24, 2.45) is 0 Å². The number of pyridine rings is 1. The van der Waals surface area contributed by atoms with E-state index in [1.807, 2.05) is 36.5 Å². The summed E-state index contributed by atoms with van der Waals surface area (Å²) >= 11 is 0. The van der Waals surface area contributed by atoms with Crippen molar-refractivity contribution in [1.29, 1.82) is 0 Å². The molecule has 0 fully saturated rings. The van der Waals surface area contributed by atoms with Gasteiger partial charge < -0.3 is 14.2 Å². The first-order valence-corrected chi connectivity index (χ1v) is 7.84. The number of rotatable bonds is 6. The summed E-state index contributed by atoms with van der Waals surface area (Å²) < 4.78 is 16.1. The van der Waals surface area contributed by atoms with Crippen molar-refractivity contribution in [1.82, 2.24) is 4.98 Å². The first-order chi connectivity index (χ1) is 11.8.